The van der Waals surface area contributed by atoms with Crippen LogP contribution < -0.4 is 11.5 Å². The Morgan fingerprint density at radius 1 is 0.354 bits per heavy atom. The lowest BCUT2D eigenvalue weighted by molar-refractivity contribution is -0.132. The molecule has 284 valence electrons. The minimum atomic E-state index is -0.401. The highest BCUT2D eigenvalue weighted by molar-refractivity contribution is 5.85. The van der Waals surface area contributed by atoms with Gasteiger partial charge in [0.2, 0.25) is 11.8 Å². The number of allylic oxidation sites excluding steroid dienone is 2. The molecule has 0 aliphatic rings. The smallest absolute Gasteiger partial charge is 0.221 e. The first-order chi connectivity index (χ1) is 23.5. The minimum absolute atomic E-state index is 0.344. The fraction of sp³-hybridized carbons (Fsp3) is 0.909. The molecule has 0 aromatic rings. The van der Waals surface area contributed by atoms with Crippen LogP contribution in [0, 0.1) is 11.8 Å². The third kappa shape index (κ3) is 33.2. The van der Waals surface area contributed by atoms with E-state index in [9.17, 15) is 9.59 Å². The van der Waals surface area contributed by atoms with Crippen LogP contribution in [-0.4, -0.2) is 11.8 Å². The predicted octanol–water partition coefficient (Wildman–Crippen LogP) is 13.8. The van der Waals surface area contributed by atoms with Gasteiger partial charge in [0.25, 0.3) is 0 Å². The van der Waals surface area contributed by atoms with E-state index in [0.29, 0.717) is 12.8 Å². The van der Waals surface area contributed by atoms with Crippen molar-refractivity contribution in [3.8, 4) is 0 Å². The van der Waals surface area contributed by atoms with Crippen molar-refractivity contribution in [1.29, 1.82) is 0 Å². The average Bonchev–Trinajstić information content (AvgIpc) is 3.07. The van der Waals surface area contributed by atoms with Gasteiger partial charge in [-0.1, -0.05) is 219 Å². The predicted molar refractivity (Wildman–Crippen MR) is 212 cm³/mol. The number of hydrogen-bond acceptors (Lipinski definition) is 2. The van der Waals surface area contributed by atoms with Crippen molar-refractivity contribution in [1.82, 2.24) is 0 Å². The molecule has 4 nitrogen and oxygen atoms in total. The first kappa shape index (κ1) is 46.7. The van der Waals surface area contributed by atoms with Gasteiger partial charge in [0.05, 0.1) is 0 Å². The molecule has 0 spiro atoms. The molecule has 0 fully saturated rings. The Bertz CT molecular complexity index is 706. The van der Waals surface area contributed by atoms with E-state index in [-0.39, 0.29) is 11.8 Å². The molecule has 0 saturated carbocycles. The summed E-state index contributed by atoms with van der Waals surface area (Å²) in [5.41, 5.74) is 11.5. The van der Waals surface area contributed by atoms with E-state index in [4.69, 9.17) is 11.5 Å². The average molecular weight is 675 g/mol. The standard InChI is InChI=1S/C44H86N2O2/c1-3-5-7-9-11-13-15-17-19-21-23-25-27-29-31-33-35-37-39-41(43(45)47)42(44(46)48)40-38-36-34-32-30-28-26-24-22-20-18-16-14-12-10-8-6-4-2/h17,19,41-42H,3-16,18,20-40H2,1-2H3,(H2,45,47)(H2,46,48)/b19-17-. The zero-order valence-electron chi connectivity index (χ0n) is 32.7. The molecule has 2 amide bonds. The maximum absolute atomic E-state index is 12.3. The number of rotatable bonds is 40. The Hall–Kier alpha value is -1.32. The molecule has 4 heteroatoms. The summed E-state index contributed by atoms with van der Waals surface area (Å²) in [5, 5.41) is 0. The summed E-state index contributed by atoms with van der Waals surface area (Å²) in [6.45, 7) is 4.56. The summed E-state index contributed by atoms with van der Waals surface area (Å²) >= 11 is 0. The Morgan fingerprint density at radius 3 is 0.792 bits per heavy atom. The van der Waals surface area contributed by atoms with Gasteiger partial charge >= 0.3 is 0 Å². The fourth-order valence-electron chi connectivity index (χ4n) is 7.31. The van der Waals surface area contributed by atoms with Crippen molar-refractivity contribution in [2.45, 2.75) is 245 Å². The van der Waals surface area contributed by atoms with Gasteiger partial charge in [-0.05, 0) is 38.5 Å². The molecule has 2 atom stereocenters. The Morgan fingerprint density at radius 2 is 0.562 bits per heavy atom. The van der Waals surface area contributed by atoms with Gasteiger partial charge in [-0.3, -0.25) is 9.59 Å². The second kappa shape index (κ2) is 38.5. The van der Waals surface area contributed by atoms with E-state index in [1.54, 1.807) is 0 Å². The van der Waals surface area contributed by atoms with Crippen LogP contribution in [0.5, 0.6) is 0 Å². The van der Waals surface area contributed by atoms with Gasteiger partial charge in [0.1, 0.15) is 0 Å². The van der Waals surface area contributed by atoms with Crippen LogP contribution in [0.3, 0.4) is 0 Å². The van der Waals surface area contributed by atoms with Crippen molar-refractivity contribution < 1.29 is 9.59 Å². The van der Waals surface area contributed by atoms with E-state index in [1.165, 1.54) is 193 Å². The normalized spacial score (nSPS) is 13.0. The summed E-state index contributed by atoms with van der Waals surface area (Å²) in [5.74, 6) is -1.49. The molecule has 0 aliphatic heterocycles. The SMILES string of the molecule is CCCCCCCC/C=C\CCCCCCCCCCC(C(N)=O)C(CCCCCCCCCCCCCCCCCCCC)C(N)=O. The molecule has 0 rings (SSSR count). The van der Waals surface area contributed by atoms with Gasteiger partial charge in [-0.15, -0.1) is 0 Å². The van der Waals surface area contributed by atoms with Crippen LogP contribution in [-0.2, 0) is 9.59 Å². The van der Waals surface area contributed by atoms with Crippen LogP contribution in [0.25, 0.3) is 0 Å². The summed E-state index contributed by atoms with van der Waals surface area (Å²) in [4.78, 5) is 24.5. The van der Waals surface area contributed by atoms with Crippen LogP contribution in [0.1, 0.15) is 245 Å². The van der Waals surface area contributed by atoms with E-state index in [0.717, 1.165) is 25.7 Å². The van der Waals surface area contributed by atoms with Crippen molar-refractivity contribution in [3.63, 3.8) is 0 Å². The van der Waals surface area contributed by atoms with Crippen molar-refractivity contribution >= 4 is 11.8 Å². The lowest BCUT2D eigenvalue weighted by atomic mass is 9.83. The summed E-state index contributed by atoms with van der Waals surface area (Å²) < 4.78 is 0. The zero-order chi connectivity index (χ0) is 35.2. The first-order valence-corrected chi connectivity index (χ1v) is 21.8. The molecule has 0 aromatic heterocycles. The number of unbranched alkanes of at least 4 members (excludes halogenated alkanes) is 31. The molecular weight excluding hydrogens is 588 g/mol. The number of amides is 2. The maximum Gasteiger partial charge on any atom is 0.221 e. The highest BCUT2D eigenvalue weighted by atomic mass is 16.2. The maximum atomic E-state index is 12.3. The molecule has 4 N–H and O–H groups in total. The third-order valence-corrected chi connectivity index (χ3v) is 10.6. The van der Waals surface area contributed by atoms with E-state index in [1.807, 2.05) is 0 Å². The molecule has 0 heterocycles. The second-order valence-electron chi connectivity index (χ2n) is 15.3. The lowest BCUT2D eigenvalue weighted by Gasteiger charge is -2.22. The number of nitrogens with two attached hydrogens (primary N) is 2. The lowest BCUT2D eigenvalue weighted by Crippen LogP contribution is -2.37. The van der Waals surface area contributed by atoms with Crippen molar-refractivity contribution in [3.05, 3.63) is 12.2 Å². The second-order valence-corrected chi connectivity index (χ2v) is 15.3. The largest absolute Gasteiger partial charge is 0.369 e. The molecule has 0 radical (unpaired) electrons. The highest BCUT2D eigenvalue weighted by Gasteiger charge is 2.30. The molecule has 2 unspecified atom stereocenters. The third-order valence-electron chi connectivity index (χ3n) is 10.6. The van der Waals surface area contributed by atoms with Crippen LogP contribution >= 0.6 is 0 Å². The van der Waals surface area contributed by atoms with E-state index in [2.05, 4.69) is 26.0 Å². The molecule has 0 aliphatic carbocycles. The quantitative estimate of drug-likeness (QED) is 0.0500. The van der Waals surface area contributed by atoms with E-state index >= 15 is 0 Å². The Labute approximate surface area is 301 Å². The van der Waals surface area contributed by atoms with Crippen LogP contribution in [0.15, 0.2) is 12.2 Å². The first-order valence-electron chi connectivity index (χ1n) is 21.8. The van der Waals surface area contributed by atoms with Gasteiger partial charge < -0.3 is 11.5 Å². The summed E-state index contributed by atoms with van der Waals surface area (Å²) in [6.07, 6.45) is 50.9. The summed E-state index contributed by atoms with van der Waals surface area (Å²) in [6, 6.07) is 0. The van der Waals surface area contributed by atoms with Gasteiger partial charge in [0, 0.05) is 11.8 Å². The topological polar surface area (TPSA) is 86.2 Å². The minimum Gasteiger partial charge on any atom is -0.369 e. The molecule has 48 heavy (non-hydrogen) atoms. The number of hydrogen-bond donors (Lipinski definition) is 2. The van der Waals surface area contributed by atoms with Crippen molar-refractivity contribution in [2.75, 3.05) is 0 Å². The Balaban J connectivity index is 3.74. The molecular formula is C44H86N2O2. The summed E-state index contributed by atoms with van der Waals surface area (Å²) in [7, 11) is 0. The number of primary amides is 2. The van der Waals surface area contributed by atoms with Gasteiger partial charge in [-0.25, -0.2) is 0 Å². The molecule has 0 bridgehead atoms. The van der Waals surface area contributed by atoms with Crippen LogP contribution in [0.2, 0.25) is 0 Å². The monoisotopic (exact) mass is 675 g/mol. The van der Waals surface area contributed by atoms with Crippen molar-refractivity contribution in [2.24, 2.45) is 23.3 Å². The Kier molecular flexibility index (Phi) is 37.4. The van der Waals surface area contributed by atoms with E-state index < -0.39 is 11.8 Å². The fourth-order valence-corrected chi connectivity index (χ4v) is 7.31. The highest BCUT2D eigenvalue weighted by Crippen LogP contribution is 2.25. The number of carbonyl (C=O) groups excluding carboxylic acids is 2. The molecule has 0 aromatic carbocycles. The zero-order valence-corrected chi connectivity index (χ0v) is 32.7. The van der Waals surface area contributed by atoms with Crippen LogP contribution in [0.4, 0.5) is 0 Å². The number of carbonyl (C=O) groups is 2. The molecule has 0 saturated heterocycles. The van der Waals surface area contributed by atoms with Gasteiger partial charge in [0.15, 0.2) is 0 Å². The van der Waals surface area contributed by atoms with Gasteiger partial charge in [-0.2, -0.15) is 0 Å².